The Morgan fingerprint density at radius 1 is 1.82 bits per heavy atom. The van der Waals surface area contributed by atoms with Gasteiger partial charge in [0.2, 0.25) is 0 Å². The van der Waals surface area contributed by atoms with Gasteiger partial charge in [-0.3, -0.25) is 0 Å². The fraction of sp³-hybridized carbons (Fsp3) is 0.833. The van der Waals surface area contributed by atoms with Crippen LogP contribution in [0.1, 0.15) is 0 Å². The molecule has 1 unspecified atom stereocenters. The highest BCUT2D eigenvalue weighted by atomic mass is 16.4. The Kier molecular flexibility index (Phi) is 2.67. The van der Waals surface area contributed by atoms with E-state index >= 15 is 0 Å². The summed E-state index contributed by atoms with van der Waals surface area (Å²) in [5, 5.41) is 11.8. The van der Waals surface area contributed by atoms with Crippen LogP contribution >= 0.6 is 0 Å². The van der Waals surface area contributed by atoms with Gasteiger partial charge in [0.1, 0.15) is 0 Å². The molecule has 0 saturated carbocycles. The van der Waals surface area contributed by atoms with Crippen molar-refractivity contribution >= 4 is 6.09 Å². The first-order valence-electron chi connectivity index (χ1n) is 3.66. The van der Waals surface area contributed by atoms with Gasteiger partial charge in [-0.05, 0) is 0 Å². The van der Waals surface area contributed by atoms with E-state index < -0.39 is 6.09 Å². The molecule has 5 heteroatoms. The second kappa shape index (κ2) is 3.54. The number of nitrogens with one attached hydrogen (secondary N) is 1. The minimum atomic E-state index is -0.873. The quantitative estimate of drug-likeness (QED) is 0.453. The molecule has 1 rings (SSSR count). The van der Waals surface area contributed by atoms with Gasteiger partial charge in [0.25, 0.3) is 0 Å². The predicted molar refractivity (Wildman–Crippen MR) is 40.4 cm³/mol. The molecule has 1 saturated heterocycles. The number of nitrogens with two attached hydrogens (primary N) is 1. The average Bonchev–Trinajstić information content (AvgIpc) is 2.04. The number of carbonyl (C=O) groups is 1. The third-order valence-electron chi connectivity index (χ3n) is 1.87. The molecule has 1 fully saturated rings. The molecule has 0 aromatic rings. The molecule has 0 aliphatic carbocycles. The van der Waals surface area contributed by atoms with Crippen molar-refractivity contribution in [1.29, 1.82) is 0 Å². The Balaban J connectivity index is 2.51. The van der Waals surface area contributed by atoms with Crippen LogP contribution in [0.3, 0.4) is 0 Å². The number of amides is 1. The van der Waals surface area contributed by atoms with E-state index in [-0.39, 0.29) is 6.04 Å². The second-order valence-electron chi connectivity index (χ2n) is 2.57. The van der Waals surface area contributed by atoms with Crippen molar-refractivity contribution in [3.8, 4) is 0 Å². The third-order valence-corrected chi connectivity index (χ3v) is 1.87. The fourth-order valence-corrected chi connectivity index (χ4v) is 1.22. The molecule has 1 aliphatic heterocycles. The number of piperazine rings is 1. The van der Waals surface area contributed by atoms with Gasteiger partial charge in [0.15, 0.2) is 0 Å². The molecular formula is C6H13N3O2. The van der Waals surface area contributed by atoms with Crippen LogP contribution in [0.4, 0.5) is 4.79 Å². The van der Waals surface area contributed by atoms with Crippen molar-refractivity contribution in [3.63, 3.8) is 0 Å². The summed E-state index contributed by atoms with van der Waals surface area (Å²) in [6, 6.07) is -0.0544. The van der Waals surface area contributed by atoms with Crippen molar-refractivity contribution < 1.29 is 9.90 Å². The van der Waals surface area contributed by atoms with Crippen molar-refractivity contribution in [3.05, 3.63) is 0 Å². The molecule has 0 radical (unpaired) electrons. The van der Waals surface area contributed by atoms with Crippen molar-refractivity contribution in [1.82, 2.24) is 10.2 Å². The summed E-state index contributed by atoms with van der Waals surface area (Å²) in [6.07, 6.45) is -0.873. The van der Waals surface area contributed by atoms with Crippen LogP contribution in [-0.2, 0) is 0 Å². The molecule has 4 N–H and O–H groups in total. The van der Waals surface area contributed by atoms with Gasteiger partial charge in [0, 0.05) is 26.2 Å². The van der Waals surface area contributed by atoms with E-state index in [9.17, 15) is 4.79 Å². The van der Waals surface area contributed by atoms with E-state index in [0.717, 1.165) is 6.54 Å². The zero-order valence-corrected chi connectivity index (χ0v) is 6.29. The van der Waals surface area contributed by atoms with Crippen LogP contribution in [0.5, 0.6) is 0 Å². The molecule has 64 valence electrons. The van der Waals surface area contributed by atoms with Crippen LogP contribution in [0, 0.1) is 0 Å². The van der Waals surface area contributed by atoms with Gasteiger partial charge < -0.3 is 21.1 Å². The summed E-state index contributed by atoms with van der Waals surface area (Å²) in [6.45, 7) is 2.32. The summed E-state index contributed by atoms with van der Waals surface area (Å²) < 4.78 is 0. The molecular weight excluding hydrogens is 146 g/mol. The van der Waals surface area contributed by atoms with Crippen LogP contribution in [-0.4, -0.2) is 48.3 Å². The first-order valence-corrected chi connectivity index (χ1v) is 3.66. The van der Waals surface area contributed by atoms with Crippen LogP contribution in [0.25, 0.3) is 0 Å². The van der Waals surface area contributed by atoms with Gasteiger partial charge in [-0.25, -0.2) is 4.79 Å². The maximum atomic E-state index is 10.6. The molecule has 5 nitrogen and oxygen atoms in total. The lowest BCUT2D eigenvalue weighted by atomic mass is 10.2. The minimum Gasteiger partial charge on any atom is -0.465 e. The molecule has 1 heterocycles. The maximum Gasteiger partial charge on any atom is 0.407 e. The first-order chi connectivity index (χ1) is 5.25. The SMILES string of the molecule is NCC1CNCCN1C(=O)O. The Morgan fingerprint density at radius 2 is 2.55 bits per heavy atom. The maximum absolute atomic E-state index is 10.6. The van der Waals surface area contributed by atoms with E-state index in [0.29, 0.717) is 19.6 Å². The van der Waals surface area contributed by atoms with Crippen LogP contribution < -0.4 is 11.1 Å². The van der Waals surface area contributed by atoms with Crippen LogP contribution in [0.15, 0.2) is 0 Å². The van der Waals surface area contributed by atoms with E-state index in [4.69, 9.17) is 10.8 Å². The summed E-state index contributed by atoms with van der Waals surface area (Å²) in [7, 11) is 0. The highest BCUT2D eigenvalue weighted by molar-refractivity contribution is 5.65. The Morgan fingerprint density at radius 3 is 3.00 bits per heavy atom. The highest BCUT2D eigenvalue weighted by Gasteiger charge is 2.24. The molecule has 0 spiro atoms. The summed E-state index contributed by atoms with van der Waals surface area (Å²) in [5.41, 5.74) is 5.39. The van der Waals surface area contributed by atoms with Crippen molar-refractivity contribution in [2.45, 2.75) is 6.04 Å². The Hall–Kier alpha value is -0.810. The minimum absolute atomic E-state index is 0.0544. The monoisotopic (exact) mass is 159 g/mol. The van der Waals surface area contributed by atoms with E-state index in [1.54, 1.807) is 0 Å². The topological polar surface area (TPSA) is 78.6 Å². The average molecular weight is 159 g/mol. The summed E-state index contributed by atoms with van der Waals surface area (Å²) in [4.78, 5) is 12.0. The van der Waals surface area contributed by atoms with Gasteiger partial charge >= 0.3 is 6.09 Å². The molecule has 1 amide bonds. The molecule has 0 aromatic heterocycles. The van der Waals surface area contributed by atoms with Crippen molar-refractivity contribution in [2.75, 3.05) is 26.2 Å². The molecule has 1 aliphatic rings. The summed E-state index contributed by atoms with van der Waals surface area (Å²) >= 11 is 0. The standard InChI is InChI=1S/C6H13N3O2/c7-3-5-4-8-1-2-9(5)6(10)11/h5,8H,1-4,7H2,(H,10,11). The first kappa shape index (κ1) is 8.29. The highest BCUT2D eigenvalue weighted by Crippen LogP contribution is 2.01. The van der Waals surface area contributed by atoms with E-state index in [1.807, 2.05) is 0 Å². The van der Waals surface area contributed by atoms with Gasteiger partial charge in [-0.15, -0.1) is 0 Å². The fourth-order valence-electron chi connectivity index (χ4n) is 1.22. The lowest BCUT2D eigenvalue weighted by molar-refractivity contribution is 0.114. The lowest BCUT2D eigenvalue weighted by Crippen LogP contribution is -2.56. The van der Waals surface area contributed by atoms with Crippen LogP contribution in [0.2, 0.25) is 0 Å². The molecule has 0 bridgehead atoms. The number of hydrogen-bond donors (Lipinski definition) is 3. The normalized spacial score (nSPS) is 25.2. The Labute approximate surface area is 65.2 Å². The van der Waals surface area contributed by atoms with Crippen molar-refractivity contribution in [2.24, 2.45) is 5.73 Å². The van der Waals surface area contributed by atoms with E-state index in [1.165, 1.54) is 4.90 Å². The lowest BCUT2D eigenvalue weighted by Gasteiger charge is -2.33. The van der Waals surface area contributed by atoms with Gasteiger partial charge in [-0.1, -0.05) is 0 Å². The molecule has 0 aromatic carbocycles. The largest absolute Gasteiger partial charge is 0.465 e. The number of hydrogen-bond acceptors (Lipinski definition) is 3. The summed E-state index contributed by atoms with van der Waals surface area (Å²) in [5.74, 6) is 0. The molecule has 11 heavy (non-hydrogen) atoms. The van der Waals surface area contributed by atoms with Gasteiger partial charge in [-0.2, -0.15) is 0 Å². The Bertz CT molecular complexity index is 151. The molecule has 1 atom stereocenters. The van der Waals surface area contributed by atoms with Gasteiger partial charge in [0.05, 0.1) is 6.04 Å². The number of carboxylic acid groups (broad SMARTS) is 1. The number of rotatable bonds is 1. The van der Waals surface area contributed by atoms with E-state index in [2.05, 4.69) is 5.32 Å². The number of nitrogens with zero attached hydrogens (tertiary/aromatic N) is 1. The zero-order chi connectivity index (χ0) is 8.27. The second-order valence-corrected chi connectivity index (χ2v) is 2.57. The smallest absolute Gasteiger partial charge is 0.407 e. The predicted octanol–water partition coefficient (Wildman–Crippen LogP) is -1.10. The zero-order valence-electron chi connectivity index (χ0n) is 6.29. The third kappa shape index (κ3) is 1.81.